The van der Waals surface area contributed by atoms with E-state index >= 15 is 0 Å². The number of aryl methyl sites for hydroxylation is 1. The van der Waals surface area contributed by atoms with Crippen molar-refractivity contribution in [2.24, 2.45) is 0 Å². The summed E-state index contributed by atoms with van der Waals surface area (Å²) in [5.74, 6) is 0.00626. The monoisotopic (exact) mass is 333 g/mol. The van der Waals surface area contributed by atoms with E-state index in [1.54, 1.807) is 23.1 Å². The van der Waals surface area contributed by atoms with Gasteiger partial charge in [0.25, 0.3) is 5.91 Å². The molecule has 0 aliphatic carbocycles. The minimum atomic E-state index is -0.147. The third-order valence-corrected chi connectivity index (χ3v) is 4.52. The molecule has 1 aliphatic heterocycles. The number of nitrogens with zero attached hydrogens (tertiary/aromatic N) is 3. The van der Waals surface area contributed by atoms with Crippen LogP contribution in [0.3, 0.4) is 0 Å². The van der Waals surface area contributed by atoms with Crippen LogP contribution < -0.4 is 0 Å². The fraction of sp³-hybridized carbons (Fsp3) is 0.556. The molecule has 132 valence electrons. The van der Waals surface area contributed by atoms with Gasteiger partial charge in [-0.2, -0.15) is 0 Å². The molecule has 2 amide bonds. The van der Waals surface area contributed by atoms with Crippen LogP contribution in [0.1, 0.15) is 29.8 Å². The molecule has 0 radical (unpaired) electrons. The highest BCUT2D eigenvalue weighted by Gasteiger charge is 2.25. The highest BCUT2D eigenvalue weighted by molar-refractivity contribution is 5.97. The van der Waals surface area contributed by atoms with Gasteiger partial charge in [-0.05, 0) is 32.9 Å². The Bertz CT molecular complexity index is 591. The second-order valence-corrected chi connectivity index (χ2v) is 6.15. The molecule has 0 bridgehead atoms. The molecule has 0 aromatic heterocycles. The maximum atomic E-state index is 12.6. The summed E-state index contributed by atoms with van der Waals surface area (Å²) in [6.07, 6.45) is 0. The van der Waals surface area contributed by atoms with E-state index in [0.29, 0.717) is 38.3 Å². The Morgan fingerprint density at radius 2 is 1.75 bits per heavy atom. The number of benzene rings is 1. The van der Waals surface area contributed by atoms with Crippen molar-refractivity contribution in [2.75, 3.05) is 45.8 Å². The average molecular weight is 333 g/mol. The van der Waals surface area contributed by atoms with E-state index in [9.17, 15) is 14.7 Å². The van der Waals surface area contributed by atoms with E-state index in [2.05, 4.69) is 4.90 Å². The lowest BCUT2D eigenvalue weighted by atomic mass is 10.1. The van der Waals surface area contributed by atoms with Crippen LogP contribution in [0.5, 0.6) is 5.75 Å². The average Bonchev–Trinajstić information content (AvgIpc) is 2.58. The van der Waals surface area contributed by atoms with Crippen LogP contribution in [0.2, 0.25) is 0 Å². The fourth-order valence-electron chi connectivity index (χ4n) is 2.97. The number of amides is 2. The zero-order valence-electron chi connectivity index (χ0n) is 14.8. The molecule has 1 aromatic rings. The quantitative estimate of drug-likeness (QED) is 0.883. The first-order chi connectivity index (χ1) is 11.5. The molecule has 2 rings (SSSR count). The summed E-state index contributed by atoms with van der Waals surface area (Å²) in [6, 6.07) is 5.05. The van der Waals surface area contributed by atoms with Crippen LogP contribution >= 0.6 is 0 Å². The second kappa shape index (κ2) is 8.15. The summed E-state index contributed by atoms with van der Waals surface area (Å²) in [5.41, 5.74) is 1.29. The fourth-order valence-corrected chi connectivity index (χ4v) is 2.97. The molecule has 1 aliphatic rings. The molecule has 0 spiro atoms. The molecule has 6 nitrogen and oxygen atoms in total. The predicted octanol–water partition coefficient (Wildman–Crippen LogP) is 1.33. The Hall–Kier alpha value is -2.08. The number of phenols is 1. The van der Waals surface area contributed by atoms with Gasteiger partial charge in [0.1, 0.15) is 5.75 Å². The van der Waals surface area contributed by atoms with Gasteiger partial charge in [0.05, 0.1) is 12.1 Å². The molecule has 6 heteroatoms. The zero-order chi connectivity index (χ0) is 17.7. The van der Waals surface area contributed by atoms with Crippen molar-refractivity contribution in [2.45, 2.75) is 20.8 Å². The van der Waals surface area contributed by atoms with E-state index in [-0.39, 0.29) is 17.6 Å². The minimum Gasteiger partial charge on any atom is -0.507 e. The lowest BCUT2D eigenvalue weighted by Crippen LogP contribution is -2.51. The second-order valence-electron chi connectivity index (χ2n) is 6.15. The number of carbonyl (C=O) groups is 2. The maximum Gasteiger partial charge on any atom is 0.257 e. The molecular formula is C18H27N3O3. The largest absolute Gasteiger partial charge is 0.507 e. The van der Waals surface area contributed by atoms with Crippen molar-refractivity contribution in [3.05, 3.63) is 29.3 Å². The molecule has 0 unspecified atom stereocenters. The van der Waals surface area contributed by atoms with Crippen molar-refractivity contribution in [1.29, 1.82) is 0 Å². The summed E-state index contributed by atoms with van der Waals surface area (Å²) in [5, 5.41) is 9.91. The van der Waals surface area contributed by atoms with Gasteiger partial charge in [0, 0.05) is 39.3 Å². The number of carbonyl (C=O) groups excluding carboxylic acids is 2. The molecule has 1 saturated heterocycles. The lowest BCUT2D eigenvalue weighted by molar-refractivity contribution is -0.132. The third-order valence-electron chi connectivity index (χ3n) is 4.52. The van der Waals surface area contributed by atoms with Gasteiger partial charge in [-0.1, -0.05) is 11.6 Å². The molecule has 1 fully saturated rings. The van der Waals surface area contributed by atoms with Crippen LogP contribution in [0, 0.1) is 6.92 Å². The SMILES string of the molecule is CCN(CC)C(=O)CN1CCN(C(=O)c2cc(C)ccc2O)CC1. The van der Waals surface area contributed by atoms with Crippen molar-refractivity contribution < 1.29 is 14.7 Å². The lowest BCUT2D eigenvalue weighted by Gasteiger charge is -2.35. The van der Waals surface area contributed by atoms with Gasteiger partial charge in [0.2, 0.25) is 5.91 Å². The van der Waals surface area contributed by atoms with Crippen LogP contribution in [0.4, 0.5) is 0 Å². The third kappa shape index (κ3) is 4.26. The van der Waals surface area contributed by atoms with Gasteiger partial charge in [-0.3, -0.25) is 14.5 Å². The van der Waals surface area contributed by atoms with Crippen LogP contribution in [-0.4, -0.2) is 77.4 Å². The number of likely N-dealkylation sites (N-methyl/N-ethyl adjacent to an activating group) is 1. The van der Waals surface area contributed by atoms with Gasteiger partial charge < -0.3 is 14.9 Å². The highest BCUT2D eigenvalue weighted by Crippen LogP contribution is 2.20. The van der Waals surface area contributed by atoms with Gasteiger partial charge in [0.15, 0.2) is 0 Å². The van der Waals surface area contributed by atoms with E-state index in [1.165, 1.54) is 0 Å². The van der Waals surface area contributed by atoms with Crippen molar-refractivity contribution in [3.8, 4) is 5.75 Å². The van der Waals surface area contributed by atoms with Crippen LogP contribution in [-0.2, 0) is 4.79 Å². The number of hydrogen-bond donors (Lipinski definition) is 1. The molecule has 24 heavy (non-hydrogen) atoms. The molecule has 0 saturated carbocycles. The van der Waals surface area contributed by atoms with Gasteiger partial charge >= 0.3 is 0 Å². The normalized spacial score (nSPS) is 15.4. The Morgan fingerprint density at radius 3 is 2.33 bits per heavy atom. The summed E-state index contributed by atoms with van der Waals surface area (Å²) < 4.78 is 0. The van der Waals surface area contributed by atoms with Crippen LogP contribution in [0.15, 0.2) is 18.2 Å². The summed E-state index contributed by atoms with van der Waals surface area (Å²) in [6.45, 7) is 10.2. The van der Waals surface area contributed by atoms with E-state index in [4.69, 9.17) is 0 Å². The molecular weight excluding hydrogens is 306 g/mol. The topological polar surface area (TPSA) is 64.1 Å². The first-order valence-corrected chi connectivity index (χ1v) is 8.55. The van der Waals surface area contributed by atoms with E-state index in [0.717, 1.165) is 18.7 Å². The Balaban J connectivity index is 1.91. The molecule has 1 N–H and O–H groups in total. The Kier molecular flexibility index (Phi) is 6.20. The smallest absolute Gasteiger partial charge is 0.257 e. The number of phenolic OH excluding ortho intramolecular Hbond substituents is 1. The first-order valence-electron chi connectivity index (χ1n) is 8.55. The van der Waals surface area contributed by atoms with Crippen molar-refractivity contribution in [3.63, 3.8) is 0 Å². The number of rotatable bonds is 5. The first kappa shape index (κ1) is 18.3. The Labute approximate surface area is 143 Å². The molecule has 1 aromatic carbocycles. The number of aromatic hydroxyl groups is 1. The van der Waals surface area contributed by atoms with Crippen LogP contribution in [0.25, 0.3) is 0 Å². The van der Waals surface area contributed by atoms with Crippen molar-refractivity contribution >= 4 is 11.8 Å². The predicted molar refractivity (Wildman–Crippen MR) is 93.1 cm³/mol. The molecule has 1 heterocycles. The summed E-state index contributed by atoms with van der Waals surface area (Å²) >= 11 is 0. The summed E-state index contributed by atoms with van der Waals surface area (Å²) in [7, 11) is 0. The minimum absolute atomic E-state index is 0.0183. The zero-order valence-corrected chi connectivity index (χ0v) is 14.8. The maximum absolute atomic E-state index is 12.6. The molecule has 0 atom stereocenters. The van der Waals surface area contributed by atoms with E-state index in [1.807, 2.05) is 25.7 Å². The van der Waals surface area contributed by atoms with E-state index < -0.39 is 0 Å². The summed E-state index contributed by atoms with van der Waals surface area (Å²) in [4.78, 5) is 30.4. The highest BCUT2D eigenvalue weighted by atomic mass is 16.3. The standard InChI is InChI=1S/C18H27N3O3/c1-4-20(5-2)17(23)13-19-8-10-21(11-9-19)18(24)15-12-14(3)6-7-16(15)22/h6-7,12,22H,4-5,8-11,13H2,1-3H3. The Morgan fingerprint density at radius 1 is 1.12 bits per heavy atom. The van der Waals surface area contributed by atoms with Gasteiger partial charge in [-0.25, -0.2) is 0 Å². The number of piperazine rings is 1. The number of hydrogen-bond acceptors (Lipinski definition) is 4. The van der Waals surface area contributed by atoms with Gasteiger partial charge in [-0.15, -0.1) is 0 Å². The van der Waals surface area contributed by atoms with Crippen molar-refractivity contribution in [1.82, 2.24) is 14.7 Å².